The predicted molar refractivity (Wildman–Crippen MR) is 225 cm³/mol. The molecule has 0 aliphatic rings. The van der Waals surface area contributed by atoms with Crippen molar-refractivity contribution in [3.8, 4) is 0 Å². The van der Waals surface area contributed by atoms with Gasteiger partial charge in [0.25, 0.3) is 0 Å². The first kappa shape index (κ1) is 36.2. The van der Waals surface area contributed by atoms with Gasteiger partial charge in [-0.05, 0) is 92.4 Å². The molecule has 0 amide bonds. The van der Waals surface area contributed by atoms with Crippen LogP contribution in [0.25, 0.3) is 32.6 Å². The van der Waals surface area contributed by atoms with Gasteiger partial charge < -0.3 is 18.3 Å². The van der Waals surface area contributed by atoms with Crippen molar-refractivity contribution in [3.05, 3.63) is 156 Å². The number of benzene rings is 4. The van der Waals surface area contributed by atoms with Crippen LogP contribution in [-0.4, -0.2) is 34.0 Å². The zero-order valence-electron chi connectivity index (χ0n) is 29.7. The Balaban J connectivity index is 1.23. The highest BCUT2D eigenvalue weighted by Crippen LogP contribution is 2.52. The highest BCUT2D eigenvalue weighted by atomic mass is 33.1. The van der Waals surface area contributed by atoms with Gasteiger partial charge in [-0.15, -0.1) is 23.5 Å². The van der Waals surface area contributed by atoms with Crippen LogP contribution in [0.3, 0.4) is 0 Å². The van der Waals surface area contributed by atoms with E-state index in [9.17, 15) is 9.59 Å². The minimum absolute atomic E-state index is 0.272. The first-order chi connectivity index (χ1) is 26.6. The van der Waals surface area contributed by atoms with Gasteiger partial charge in [-0.25, -0.2) is 9.59 Å². The van der Waals surface area contributed by atoms with E-state index in [1.165, 1.54) is 32.7 Å². The topological polar surface area (TPSA) is 61.4 Å². The van der Waals surface area contributed by atoms with E-state index in [0.717, 1.165) is 30.6 Å². The first-order valence-corrected chi connectivity index (χ1v) is 21.8. The highest BCUT2D eigenvalue weighted by Gasteiger charge is 2.29. The van der Waals surface area contributed by atoms with E-state index in [2.05, 4.69) is 84.9 Å². The maximum absolute atomic E-state index is 13.7. The number of thioether (sulfide) groups is 2. The molecule has 6 nitrogen and oxygen atoms in total. The van der Waals surface area contributed by atoms with E-state index in [0.29, 0.717) is 22.9 Å². The molecule has 0 spiro atoms. The quantitative estimate of drug-likeness (QED) is 0.0651. The lowest BCUT2D eigenvalue weighted by Gasteiger charge is -2.11. The van der Waals surface area contributed by atoms with E-state index < -0.39 is 0 Å². The summed E-state index contributed by atoms with van der Waals surface area (Å²) in [5.74, 6) is 0.608. The van der Waals surface area contributed by atoms with Gasteiger partial charge in [0.05, 0.1) is 43.8 Å². The Hall–Kier alpha value is -4.74. The molecule has 4 aromatic heterocycles. The molecule has 0 saturated carbocycles. The van der Waals surface area contributed by atoms with Crippen LogP contribution in [0.5, 0.6) is 0 Å². The van der Waals surface area contributed by atoms with Crippen LogP contribution >= 0.6 is 45.1 Å². The third-order valence-corrected chi connectivity index (χ3v) is 14.2. The molecule has 54 heavy (non-hydrogen) atoms. The third kappa shape index (κ3) is 6.99. The van der Waals surface area contributed by atoms with Gasteiger partial charge in [-0.1, -0.05) is 97.1 Å². The van der Waals surface area contributed by atoms with Crippen molar-refractivity contribution >= 4 is 89.6 Å². The fraction of sp³-hybridized carbons (Fsp3) is 0.136. The summed E-state index contributed by atoms with van der Waals surface area (Å²) in [5, 5.41) is 4.74. The number of rotatable bonds is 13. The van der Waals surface area contributed by atoms with E-state index >= 15 is 0 Å². The van der Waals surface area contributed by atoms with Gasteiger partial charge >= 0.3 is 11.9 Å². The minimum atomic E-state index is -0.360. The molecule has 8 rings (SSSR count). The summed E-state index contributed by atoms with van der Waals surface area (Å²) in [7, 11) is 3.21. The fourth-order valence-electron chi connectivity index (χ4n) is 6.74. The molecule has 0 saturated heterocycles. The molecule has 0 aliphatic heterocycles. The van der Waals surface area contributed by atoms with E-state index in [1.54, 1.807) is 45.1 Å². The molecule has 270 valence electrons. The summed E-state index contributed by atoms with van der Waals surface area (Å²) in [6.45, 7) is 4.21. The van der Waals surface area contributed by atoms with Crippen molar-refractivity contribution in [2.45, 2.75) is 44.9 Å². The van der Waals surface area contributed by atoms with Crippen LogP contribution in [0, 0.1) is 0 Å². The smallest absolute Gasteiger partial charge is 0.356 e. The van der Waals surface area contributed by atoms with E-state index in [4.69, 9.17) is 9.47 Å². The molecule has 0 radical (unpaired) electrons. The molecule has 8 aromatic rings. The van der Waals surface area contributed by atoms with Crippen LogP contribution in [0.15, 0.2) is 153 Å². The summed E-state index contributed by atoms with van der Waals surface area (Å²) in [4.78, 5) is 31.1. The summed E-state index contributed by atoms with van der Waals surface area (Å²) in [6, 6.07) is 41.5. The maximum atomic E-state index is 13.7. The van der Waals surface area contributed by atoms with E-state index in [-0.39, 0.29) is 25.2 Å². The number of fused-ring (bicyclic) bond motifs is 4. The molecule has 4 heterocycles. The standard InChI is InChI=1S/C44H36N2O4S4/c1-3-49-43(47)37-41(51-27-31-19-13-17-29-15-5-7-21-33(29)31)39(35-23-9-11-25-45(35)37)53-54-40-36-24-10-12-26-46(36)38(44(48)50-4-2)42(40)52-28-32-20-14-18-30-16-6-8-22-34(30)32/h5-26H,3-4,27-28H2,1-2H3. The third-order valence-electron chi connectivity index (χ3n) is 9.16. The van der Waals surface area contributed by atoms with Crippen LogP contribution in [0.4, 0.5) is 0 Å². The molecule has 4 aromatic carbocycles. The van der Waals surface area contributed by atoms with Gasteiger partial charge in [0.1, 0.15) is 11.4 Å². The lowest BCUT2D eigenvalue weighted by atomic mass is 10.1. The Kier molecular flexibility index (Phi) is 11.0. The molecule has 0 N–H and O–H groups in total. The summed E-state index contributed by atoms with van der Waals surface area (Å²) >= 11 is 3.30. The van der Waals surface area contributed by atoms with Crippen LogP contribution in [0.2, 0.25) is 0 Å². The number of hydrogen-bond donors (Lipinski definition) is 0. The molecule has 0 aliphatic carbocycles. The predicted octanol–water partition coefficient (Wildman–Crippen LogP) is 12.2. The van der Waals surface area contributed by atoms with Crippen molar-refractivity contribution in [1.82, 2.24) is 8.80 Å². The number of hydrogen-bond acceptors (Lipinski definition) is 8. The number of ether oxygens (including phenoxy) is 2. The molecular weight excluding hydrogens is 749 g/mol. The first-order valence-electron chi connectivity index (χ1n) is 17.7. The summed E-state index contributed by atoms with van der Waals surface area (Å²) in [5.41, 5.74) is 5.24. The number of carbonyl (C=O) groups excluding carboxylic acids is 2. The zero-order valence-corrected chi connectivity index (χ0v) is 33.0. The Morgan fingerprint density at radius 3 is 1.35 bits per heavy atom. The van der Waals surface area contributed by atoms with Gasteiger partial charge in [-0.3, -0.25) is 0 Å². The molecular formula is C44H36N2O4S4. The van der Waals surface area contributed by atoms with Gasteiger partial charge in [0.2, 0.25) is 0 Å². The van der Waals surface area contributed by atoms with E-state index in [1.807, 2.05) is 71.4 Å². The SMILES string of the molecule is CCOC(=O)c1c(SCc2cccc3ccccc23)c(SSc2c(SCc3cccc4ccccc34)c(C(=O)OCC)n3ccccc23)c2ccccn12. The molecule has 10 heteroatoms. The minimum Gasteiger partial charge on any atom is -0.461 e. The second kappa shape index (κ2) is 16.3. The Bertz CT molecular complexity index is 2470. The maximum Gasteiger partial charge on any atom is 0.356 e. The number of carbonyl (C=O) groups is 2. The lowest BCUT2D eigenvalue weighted by Crippen LogP contribution is -2.09. The van der Waals surface area contributed by atoms with Crippen molar-refractivity contribution < 1.29 is 19.1 Å². The number of pyridine rings is 2. The molecule has 0 atom stereocenters. The van der Waals surface area contributed by atoms with Gasteiger partial charge in [0.15, 0.2) is 0 Å². The Morgan fingerprint density at radius 2 is 0.907 bits per heavy atom. The number of esters is 2. The average molecular weight is 785 g/mol. The number of aromatic nitrogens is 2. The molecule has 0 bridgehead atoms. The van der Waals surface area contributed by atoms with Crippen molar-refractivity contribution in [2.24, 2.45) is 0 Å². The molecule has 0 unspecified atom stereocenters. The molecule has 0 fully saturated rings. The highest BCUT2D eigenvalue weighted by molar-refractivity contribution is 8.76. The summed E-state index contributed by atoms with van der Waals surface area (Å²) < 4.78 is 15.2. The Morgan fingerprint density at radius 1 is 0.500 bits per heavy atom. The van der Waals surface area contributed by atoms with Gasteiger partial charge in [0, 0.05) is 23.9 Å². The average Bonchev–Trinajstić information content (AvgIpc) is 3.70. The summed E-state index contributed by atoms with van der Waals surface area (Å²) in [6.07, 6.45) is 3.85. The normalized spacial score (nSPS) is 11.5. The van der Waals surface area contributed by atoms with Crippen LogP contribution in [0.1, 0.15) is 46.0 Å². The van der Waals surface area contributed by atoms with Crippen LogP contribution in [-0.2, 0) is 21.0 Å². The second-order valence-electron chi connectivity index (χ2n) is 12.4. The monoisotopic (exact) mass is 784 g/mol. The van der Waals surface area contributed by atoms with Crippen molar-refractivity contribution in [3.63, 3.8) is 0 Å². The van der Waals surface area contributed by atoms with Crippen LogP contribution < -0.4 is 0 Å². The number of nitrogens with zero attached hydrogens (tertiary/aromatic N) is 2. The van der Waals surface area contributed by atoms with Crippen molar-refractivity contribution in [1.29, 1.82) is 0 Å². The van der Waals surface area contributed by atoms with Crippen molar-refractivity contribution in [2.75, 3.05) is 13.2 Å². The zero-order chi connectivity index (χ0) is 37.0. The second-order valence-corrected chi connectivity index (χ2v) is 16.5. The Labute approximate surface area is 330 Å². The fourth-order valence-corrected chi connectivity index (χ4v) is 12.4. The lowest BCUT2D eigenvalue weighted by molar-refractivity contribution is 0.0504. The largest absolute Gasteiger partial charge is 0.461 e. The van der Waals surface area contributed by atoms with Gasteiger partial charge in [-0.2, -0.15) is 0 Å².